The van der Waals surface area contributed by atoms with E-state index in [2.05, 4.69) is 4.90 Å². The molecule has 2 saturated carbocycles. The lowest BCUT2D eigenvalue weighted by molar-refractivity contribution is -0.218. The first-order chi connectivity index (χ1) is 16.0. The van der Waals surface area contributed by atoms with Gasteiger partial charge in [-0.2, -0.15) is 0 Å². The molecule has 2 aromatic rings. The van der Waals surface area contributed by atoms with Gasteiger partial charge in [0.15, 0.2) is 23.4 Å². The summed E-state index contributed by atoms with van der Waals surface area (Å²) in [5, 5.41) is 11.4. The summed E-state index contributed by atoms with van der Waals surface area (Å²) in [6.45, 7) is 2.43. The lowest BCUT2D eigenvalue weighted by Gasteiger charge is -2.64. The molecule has 6 heteroatoms. The number of halogens is 1. The Kier molecular flexibility index (Phi) is 4.29. The van der Waals surface area contributed by atoms with Gasteiger partial charge in [-0.3, -0.25) is 9.69 Å². The molecule has 0 amide bonds. The SMILES string of the molecule is O=C1CC[C@@]2(OCc3ccccc3Cl)C3Cc4ccc(O)c5c4[C@@]2(CCN3CC2CC2)[C@H]1O5. The minimum atomic E-state index is -0.592. The Morgan fingerprint density at radius 2 is 2.03 bits per heavy atom. The monoisotopic (exact) mass is 465 g/mol. The largest absolute Gasteiger partial charge is 0.504 e. The summed E-state index contributed by atoms with van der Waals surface area (Å²) in [7, 11) is 0. The molecule has 1 unspecified atom stereocenters. The minimum Gasteiger partial charge on any atom is -0.504 e. The molecule has 1 spiro atoms. The van der Waals surface area contributed by atoms with Crippen molar-refractivity contribution in [1.82, 2.24) is 4.90 Å². The minimum absolute atomic E-state index is 0.129. The van der Waals surface area contributed by atoms with Crippen LogP contribution in [0.5, 0.6) is 11.5 Å². The van der Waals surface area contributed by atoms with Crippen LogP contribution in [0.3, 0.4) is 0 Å². The Hall–Kier alpha value is -2.08. The number of piperidine rings is 1. The van der Waals surface area contributed by atoms with Crippen LogP contribution in [0.15, 0.2) is 36.4 Å². The molecule has 0 radical (unpaired) electrons. The van der Waals surface area contributed by atoms with Gasteiger partial charge >= 0.3 is 0 Å². The summed E-state index contributed by atoms with van der Waals surface area (Å²) in [4.78, 5) is 15.9. The van der Waals surface area contributed by atoms with E-state index in [1.54, 1.807) is 6.07 Å². The maximum atomic E-state index is 13.3. The van der Waals surface area contributed by atoms with E-state index in [1.165, 1.54) is 18.4 Å². The van der Waals surface area contributed by atoms with Crippen molar-refractivity contribution >= 4 is 17.4 Å². The maximum Gasteiger partial charge on any atom is 0.174 e. The van der Waals surface area contributed by atoms with Crippen LogP contribution in [-0.4, -0.2) is 46.6 Å². The first-order valence-corrected chi connectivity index (χ1v) is 12.6. The summed E-state index contributed by atoms with van der Waals surface area (Å²) in [6.07, 6.45) is 4.79. The molecular weight excluding hydrogens is 438 g/mol. The number of carbonyl (C=O) groups is 1. The highest BCUT2D eigenvalue weighted by atomic mass is 35.5. The van der Waals surface area contributed by atoms with Crippen LogP contribution in [0.4, 0.5) is 0 Å². The molecule has 5 nitrogen and oxygen atoms in total. The molecule has 1 saturated heterocycles. The number of hydrogen-bond donors (Lipinski definition) is 1. The van der Waals surface area contributed by atoms with Crippen LogP contribution < -0.4 is 4.74 Å². The van der Waals surface area contributed by atoms with Gasteiger partial charge in [-0.1, -0.05) is 35.9 Å². The standard InChI is InChI=1S/C27H28ClNO4/c28-19-4-2-1-3-18(19)15-32-27-10-9-21(31)25-26(27)11-12-29(14-16-5-6-16)22(27)13-17-7-8-20(30)24(33-25)23(17)26/h1-4,7-8,16,22,25,30H,5-6,9-15H2/t22?,25-,26-,27+/m0/s1. The van der Waals surface area contributed by atoms with Gasteiger partial charge in [-0.05, 0) is 67.8 Å². The predicted octanol–water partition coefficient (Wildman–Crippen LogP) is 4.40. The van der Waals surface area contributed by atoms with Crippen LogP contribution in [0.1, 0.15) is 48.8 Å². The van der Waals surface area contributed by atoms with E-state index in [-0.39, 0.29) is 17.6 Å². The predicted molar refractivity (Wildman–Crippen MR) is 124 cm³/mol. The highest BCUT2D eigenvalue weighted by Gasteiger charge is 2.74. The lowest BCUT2D eigenvalue weighted by atomic mass is 9.48. The van der Waals surface area contributed by atoms with Gasteiger partial charge < -0.3 is 14.6 Å². The van der Waals surface area contributed by atoms with E-state index < -0.39 is 17.1 Å². The van der Waals surface area contributed by atoms with E-state index in [0.29, 0.717) is 30.2 Å². The zero-order valence-corrected chi connectivity index (χ0v) is 19.3. The molecule has 2 bridgehead atoms. The van der Waals surface area contributed by atoms with Gasteiger partial charge in [0.05, 0.1) is 17.6 Å². The number of phenols is 1. The second-order valence-electron chi connectivity index (χ2n) is 10.6. The molecule has 172 valence electrons. The third-order valence-electron chi connectivity index (χ3n) is 8.96. The van der Waals surface area contributed by atoms with Crippen LogP contribution in [0, 0.1) is 5.92 Å². The van der Waals surface area contributed by atoms with Gasteiger partial charge in [0.25, 0.3) is 0 Å². The van der Waals surface area contributed by atoms with Gasteiger partial charge in [-0.25, -0.2) is 0 Å². The molecular formula is C27H28ClNO4. The fourth-order valence-electron chi connectivity index (χ4n) is 7.35. The third-order valence-corrected chi connectivity index (χ3v) is 9.33. The second-order valence-corrected chi connectivity index (χ2v) is 11.0. The Morgan fingerprint density at radius 1 is 1.18 bits per heavy atom. The van der Waals surface area contributed by atoms with Crippen LogP contribution in [-0.2, 0) is 28.0 Å². The zero-order chi connectivity index (χ0) is 22.4. The summed E-state index contributed by atoms with van der Waals surface area (Å²) in [5.74, 6) is 1.54. The molecule has 3 fully saturated rings. The normalized spacial score (nSPS) is 34.2. The number of nitrogens with zero attached hydrogens (tertiary/aromatic N) is 1. The van der Waals surface area contributed by atoms with Gasteiger partial charge in [0, 0.05) is 29.6 Å². The van der Waals surface area contributed by atoms with E-state index >= 15 is 0 Å². The molecule has 7 rings (SSSR count). The number of hydrogen-bond acceptors (Lipinski definition) is 5. The first-order valence-electron chi connectivity index (χ1n) is 12.2. The molecule has 3 aliphatic carbocycles. The Bertz CT molecular complexity index is 1160. The Balaban J connectivity index is 1.40. The third kappa shape index (κ3) is 2.64. The number of ether oxygens (including phenoxy) is 2. The summed E-state index contributed by atoms with van der Waals surface area (Å²) >= 11 is 6.50. The number of rotatable bonds is 5. The molecule has 1 N–H and O–H groups in total. The Labute approximate surface area is 198 Å². The van der Waals surface area contributed by atoms with Crippen molar-refractivity contribution in [3.8, 4) is 11.5 Å². The molecule has 2 aromatic carbocycles. The van der Waals surface area contributed by atoms with E-state index in [9.17, 15) is 9.90 Å². The van der Waals surface area contributed by atoms with Crippen molar-refractivity contribution in [1.29, 1.82) is 0 Å². The first kappa shape index (κ1) is 20.3. The number of likely N-dealkylation sites (tertiary alicyclic amines) is 1. The van der Waals surface area contributed by atoms with Crippen molar-refractivity contribution in [2.45, 2.75) is 68.3 Å². The van der Waals surface area contributed by atoms with Crippen LogP contribution in [0.25, 0.3) is 0 Å². The number of ketones is 1. The molecule has 33 heavy (non-hydrogen) atoms. The fourth-order valence-corrected chi connectivity index (χ4v) is 7.54. The van der Waals surface area contributed by atoms with Crippen molar-refractivity contribution in [2.24, 2.45) is 5.92 Å². The van der Waals surface area contributed by atoms with Crippen molar-refractivity contribution < 1.29 is 19.4 Å². The fraction of sp³-hybridized carbons (Fsp3) is 0.519. The summed E-state index contributed by atoms with van der Waals surface area (Å²) in [5.41, 5.74) is 2.08. The smallest absolute Gasteiger partial charge is 0.174 e. The highest BCUT2D eigenvalue weighted by Crippen LogP contribution is 2.66. The number of carbonyl (C=O) groups excluding carboxylic acids is 1. The van der Waals surface area contributed by atoms with E-state index in [4.69, 9.17) is 21.1 Å². The summed E-state index contributed by atoms with van der Waals surface area (Å²) < 4.78 is 13.4. The molecule has 5 aliphatic rings. The molecule has 0 aromatic heterocycles. The van der Waals surface area contributed by atoms with Crippen LogP contribution >= 0.6 is 11.6 Å². The number of aromatic hydroxyl groups is 1. The second kappa shape index (κ2) is 6.97. The topological polar surface area (TPSA) is 59.0 Å². The van der Waals surface area contributed by atoms with E-state index in [0.717, 1.165) is 43.0 Å². The maximum absolute atomic E-state index is 13.3. The highest BCUT2D eigenvalue weighted by molar-refractivity contribution is 6.31. The van der Waals surface area contributed by atoms with Gasteiger partial charge in [0.2, 0.25) is 0 Å². The number of benzene rings is 2. The summed E-state index contributed by atoms with van der Waals surface area (Å²) in [6, 6.07) is 11.8. The van der Waals surface area contributed by atoms with Crippen molar-refractivity contribution in [3.63, 3.8) is 0 Å². The van der Waals surface area contributed by atoms with Crippen LogP contribution in [0.2, 0.25) is 5.02 Å². The number of phenolic OH excluding ortho intramolecular Hbond substituents is 1. The quantitative estimate of drug-likeness (QED) is 0.709. The van der Waals surface area contributed by atoms with Gasteiger partial charge in [-0.15, -0.1) is 0 Å². The average molecular weight is 466 g/mol. The van der Waals surface area contributed by atoms with Crippen molar-refractivity contribution in [3.05, 3.63) is 58.1 Å². The average Bonchev–Trinajstić information content (AvgIpc) is 3.55. The molecule has 2 heterocycles. The molecule has 2 aliphatic heterocycles. The lowest BCUT2D eigenvalue weighted by Crippen LogP contribution is -2.77. The van der Waals surface area contributed by atoms with Gasteiger partial charge in [0.1, 0.15) is 0 Å². The molecule has 4 atom stereocenters. The van der Waals surface area contributed by atoms with Crippen molar-refractivity contribution in [2.75, 3.05) is 13.1 Å². The number of Topliss-reactive ketones (excluding diaryl/α,β-unsaturated/α-hetero) is 1. The Morgan fingerprint density at radius 3 is 2.85 bits per heavy atom. The zero-order valence-electron chi connectivity index (χ0n) is 18.6. The van der Waals surface area contributed by atoms with E-state index in [1.807, 2.05) is 30.3 Å².